The second kappa shape index (κ2) is 9.67. The molecule has 1 aromatic carbocycles. The predicted octanol–water partition coefficient (Wildman–Crippen LogP) is 3.06. The summed E-state index contributed by atoms with van der Waals surface area (Å²) in [7, 11) is 0. The Morgan fingerprint density at radius 1 is 1.37 bits per heavy atom. The molecule has 1 fully saturated rings. The van der Waals surface area contributed by atoms with Crippen molar-refractivity contribution in [2.75, 3.05) is 26.4 Å². The molecule has 0 radical (unpaired) electrons. The molecule has 146 valence electrons. The Morgan fingerprint density at radius 3 is 2.89 bits per heavy atom. The van der Waals surface area contributed by atoms with Crippen LogP contribution in [-0.2, 0) is 15.9 Å². The molecule has 0 spiro atoms. The fourth-order valence-electron chi connectivity index (χ4n) is 3.27. The first-order valence-corrected chi connectivity index (χ1v) is 9.80. The maximum atomic E-state index is 12.5. The normalized spacial score (nSPS) is 16.6. The van der Waals surface area contributed by atoms with Crippen LogP contribution in [-0.4, -0.2) is 48.2 Å². The first-order valence-electron chi connectivity index (χ1n) is 9.80. The monoisotopic (exact) mass is 371 g/mol. The van der Waals surface area contributed by atoms with Gasteiger partial charge < -0.3 is 14.8 Å². The summed E-state index contributed by atoms with van der Waals surface area (Å²) >= 11 is 0. The zero-order valence-corrected chi connectivity index (χ0v) is 16.2. The SMILES string of the molecule is CCc1c(C(=O)NCCCOCC2CCCO2)cnn1-c1ccc(C)cc1. The van der Waals surface area contributed by atoms with Crippen molar-refractivity contribution in [3.05, 3.63) is 47.3 Å². The molecule has 0 bridgehead atoms. The van der Waals surface area contributed by atoms with E-state index in [2.05, 4.69) is 17.3 Å². The number of nitrogens with one attached hydrogen (secondary N) is 1. The third kappa shape index (κ3) is 5.17. The molecule has 1 aliphatic rings. The number of nitrogens with zero attached hydrogens (tertiary/aromatic N) is 2. The van der Waals surface area contributed by atoms with Crippen LogP contribution >= 0.6 is 0 Å². The molecule has 27 heavy (non-hydrogen) atoms. The van der Waals surface area contributed by atoms with E-state index in [1.807, 2.05) is 35.9 Å². The molecule has 0 saturated carbocycles. The predicted molar refractivity (Wildman–Crippen MR) is 104 cm³/mol. The second-order valence-corrected chi connectivity index (χ2v) is 6.93. The number of aromatic nitrogens is 2. The van der Waals surface area contributed by atoms with Crippen LogP contribution in [0, 0.1) is 6.92 Å². The van der Waals surface area contributed by atoms with Crippen LogP contribution in [0.1, 0.15) is 47.8 Å². The van der Waals surface area contributed by atoms with Crippen molar-refractivity contribution in [2.45, 2.75) is 45.6 Å². The molecule has 1 amide bonds. The topological polar surface area (TPSA) is 65.4 Å². The van der Waals surface area contributed by atoms with Crippen LogP contribution in [0.15, 0.2) is 30.5 Å². The lowest BCUT2D eigenvalue weighted by atomic mass is 10.1. The van der Waals surface area contributed by atoms with Crippen molar-refractivity contribution in [3.63, 3.8) is 0 Å². The van der Waals surface area contributed by atoms with Crippen LogP contribution in [0.5, 0.6) is 0 Å². The van der Waals surface area contributed by atoms with E-state index in [1.165, 1.54) is 5.56 Å². The summed E-state index contributed by atoms with van der Waals surface area (Å²) in [5.74, 6) is -0.0793. The van der Waals surface area contributed by atoms with Crippen molar-refractivity contribution in [1.29, 1.82) is 0 Å². The maximum Gasteiger partial charge on any atom is 0.254 e. The summed E-state index contributed by atoms with van der Waals surface area (Å²) in [6.45, 7) is 6.80. The Labute approximate surface area is 160 Å². The van der Waals surface area contributed by atoms with E-state index >= 15 is 0 Å². The zero-order chi connectivity index (χ0) is 19.1. The van der Waals surface area contributed by atoms with Gasteiger partial charge in [-0.05, 0) is 44.7 Å². The first-order chi connectivity index (χ1) is 13.2. The Bertz CT molecular complexity index is 734. The van der Waals surface area contributed by atoms with Gasteiger partial charge in [0.1, 0.15) is 0 Å². The van der Waals surface area contributed by atoms with E-state index in [4.69, 9.17) is 9.47 Å². The molecule has 2 aromatic rings. The quantitative estimate of drug-likeness (QED) is 0.688. The molecular formula is C21H29N3O3. The molecule has 1 aliphatic heterocycles. The van der Waals surface area contributed by atoms with Crippen molar-refractivity contribution in [2.24, 2.45) is 0 Å². The van der Waals surface area contributed by atoms with E-state index in [-0.39, 0.29) is 12.0 Å². The summed E-state index contributed by atoms with van der Waals surface area (Å²) in [4.78, 5) is 12.5. The molecule has 6 nitrogen and oxygen atoms in total. The van der Waals surface area contributed by atoms with Gasteiger partial charge in [0.15, 0.2) is 0 Å². The number of amides is 1. The minimum atomic E-state index is -0.0793. The molecule has 6 heteroatoms. The Balaban J connectivity index is 1.48. The minimum Gasteiger partial charge on any atom is -0.379 e. The fourth-order valence-corrected chi connectivity index (χ4v) is 3.27. The van der Waals surface area contributed by atoms with Gasteiger partial charge in [0.05, 0.1) is 35.9 Å². The number of rotatable bonds is 9. The molecule has 3 rings (SSSR count). The summed E-state index contributed by atoms with van der Waals surface area (Å²) in [5.41, 5.74) is 3.73. The molecule has 0 aliphatic carbocycles. The number of hydrogen-bond acceptors (Lipinski definition) is 4. The standard InChI is InChI=1S/C21H29N3O3/c1-3-20-19(14-23-24(20)17-9-7-16(2)8-10-17)21(25)22-11-5-12-26-15-18-6-4-13-27-18/h7-10,14,18H,3-6,11-13,15H2,1-2H3,(H,22,25). The fraction of sp³-hybridized carbons (Fsp3) is 0.524. The van der Waals surface area contributed by atoms with Gasteiger partial charge in [0.25, 0.3) is 5.91 Å². The van der Waals surface area contributed by atoms with Crippen LogP contribution < -0.4 is 5.32 Å². The maximum absolute atomic E-state index is 12.5. The second-order valence-electron chi connectivity index (χ2n) is 6.93. The van der Waals surface area contributed by atoms with Crippen LogP contribution in [0.2, 0.25) is 0 Å². The highest BCUT2D eigenvalue weighted by Crippen LogP contribution is 2.16. The molecule has 1 unspecified atom stereocenters. The summed E-state index contributed by atoms with van der Waals surface area (Å²) in [6, 6.07) is 8.14. The van der Waals surface area contributed by atoms with E-state index in [0.29, 0.717) is 25.3 Å². The average molecular weight is 371 g/mol. The highest BCUT2D eigenvalue weighted by atomic mass is 16.5. The largest absolute Gasteiger partial charge is 0.379 e. The Kier molecular flexibility index (Phi) is 7.01. The molecule has 2 heterocycles. The van der Waals surface area contributed by atoms with E-state index in [1.54, 1.807) is 6.20 Å². The van der Waals surface area contributed by atoms with Crippen molar-refractivity contribution in [1.82, 2.24) is 15.1 Å². The third-order valence-electron chi connectivity index (χ3n) is 4.81. The average Bonchev–Trinajstić information content (AvgIpc) is 3.34. The highest BCUT2D eigenvalue weighted by molar-refractivity contribution is 5.95. The van der Waals surface area contributed by atoms with Gasteiger partial charge in [0, 0.05) is 19.8 Å². The zero-order valence-electron chi connectivity index (χ0n) is 16.2. The van der Waals surface area contributed by atoms with Gasteiger partial charge in [-0.1, -0.05) is 24.6 Å². The highest BCUT2D eigenvalue weighted by Gasteiger charge is 2.17. The number of carbonyl (C=O) groups is 1. The van der Waals surface area contributed by atoms with Gasteiger partial charge in [0.2, 0.25) is 0 Å². The molecule has 1 N–H and O–H groups in total. The number of ether oxygens (including phenoxy) is 2. The number of carbonyl (C=O) groups excluding carboxylic acids is 1. The van der Waals surface area contributed by atoms with Crippen LogP contribution in [0.4, 0.5) is 0 Å². The number of hydrogen-bond donors (Lipinski definition) is 1. The van der Waals surface area contributed by atoms with Crippen LogP contribution in [0.25, 0.3) is 5.69 Å². The summed E-state index contributed by atoms with van der Waals surface area (Å²) < 4.78 is 13.0. The minimum absolute atomic E-state index is 0.0793. The van der Waals surface area contributed by atoms with Gasteiger partial charge in [-0.3, -0.25) is 4.79 Å². The van der Waals surface area contributed by atoms with Crippen LogP contribution in [0.3, 0.4) is 0 Å². The molecular weight excluding hydrogens is 342 g/mol. The molecule has 1 atom stereocenters. The third-order valence-corrected chi connectivity index (χ3v) is 4.81. The lowest BCUT2D eigenvalue weighted by Gasteiger charge is -2.11. The van der Waals surface area contributed by atoms with Gasteiger partial charge in [-0.15, -0.1) is 0 Å². The van der Waals surface area contributed by atoms with E-state index in [0.717, 1.165) is 43.7 Å². The van der Waals surface area contributed by atoms with Gasteiger partial charge >= 0.3 is 0 Å². The smallest absolute Gasteiger partial charge is 0.254 e. The number of benzene rings is 1. The van der Waals surface area contributed by atoms with E-state index < -0.39 is 0 Å². The van der Waals surface area contributed by atoms with Crippen molar-refractivity contribution in [3.8, 4) is 5.69 Å². The van der Waals surface area contributed by atoms with E-state index in [9.17, 15) is 4.79 Å². The Morgan fingerprint density at radius 2 is 2.19 bits per heavy atom. The molecule has 1 saturated heterocycles. The first kappa shape index (κ1) is 19.6. The lowest BCUT2D eigenvalue weighted by molar-refractivity contribution is 0.0166. The lowest BCUT2D eigenvalue weighted by Crippen LogP contribution is -2.26. The van der Waals surface area contributed by atoms with Crippen molar-refractivity contribution < 1.29 is 14.3 Å². The molecule has 1 aromatic heterocycles. The van der Waals surface area contributed by atoms with Gasteiger partial charge in [-0.25, -0.2) is 4.68 Å². The van der Waals surface area contributed by atoms with Gasteiger partial charge in [-0.2, -0.15) is 5.10 Å². The van der Waals surface area contributed by atoms with Crippen molar-refractivity contribution >= 4 is 5.91 Å². The summed E-state index contributed by atoms with van der Waals surface area (Å²) in [6.07, 6.45) is 5.64. The number of aryl methyl sites for hydroxylation is 1. The Hall–Kier alpha value is -2.18. The summed E-state index contributed by atoms with van der Waals surface area (Å²) in [5, 5.41) is 7.40.